The molecule has 3 nitrogen and oxygen atoms in total. The predicted octanol–water partition coefficient (Wildman–Crippen LogP) is 2.39. The second kappa shape index (κ2) is 6.31. The summed E-state index contributed by atoms with van der Waals surface area (Å²) in [6, 6.07) is 9.83. The monoisotopic (exact) mass is 260 g/mol. The molecule has 1 amide bonds. The molecule has 0 N–H and O–H groups in total. The number of nitrogens with zero attached hydrogens (tertiary/aromatic N) is 2. The minimum absolute atomic E-state index is 0.151. The van der Waals surface area contributed by atoms with Gasteiger partial charge in [-0.25, -0.2) is 4.98 Å². The molecule has 0 fully saturated rings. The summed E-state index contributed by atoms with van der Waals surface area (Å²) in [5, 5.41) is 3.04. The first-order chi connectivity index (χ1) is 8.75. The van der Waals surface area contributed by atoms with Crippen molar-refractivity contribution >= 4 is 17.2 Å². The molecule has 0 spiro atoms. The van der Waals surface area contributed by atoms with Gasteiger partial charge in [-0.3, -0.25) is 4.79 Å². The van der Waals surface area contributed by atoms with E-state index >= 15 is 0 Å². The lowest BCUT2D eigenvalue weighted by molar-refractivity contribution is -0.129. The van der Waals surface area contributed by atoms with Gasteiger partial charge in [-0.2, -0.15) is 0 Å². The van der Waals surface area contributed by atoms with E-state index in [0.717, 1.165) is 23.5 Å². The minimum atomic E-state index is 0.151. The third-order valence-electron chi connectivity index (χ3n) is 2.77. The molecule has 0 aliphatic carbocycles. The average molecular weight is 260 g/mol. The molecule has 0 aliphatic heterocycles. The van der Waals surface area contributed by atoms with Crippen molar-refractivity contribution in [3.63, 3.8) is 0 Å². The number of benzene rings is 1. The smallest absolute Gasteiger partial charge is 0.226 e. The summed E-state index contributed by atoms with van der Waals surface area (Å²) in [6.45, 7) is 0.721. The van der Waals surface area contributed by atoms with Gasteiger partial charge < -0.3 is 4.90 Å². The molecule has 0 aliphatic rings. The average Bonchev–Trinajstić information content (AvgIpc) is 2.90. The van der Waals surface area contributed by atoms with Crippen LogP contribution in [0.15, 0.2) is 41.9 Å². The van der Waals surface area contributed by atoms with Crippen LogP contribution in [0.1, 0.15) is 10.6 Å². The highest BCUT2D eigenvalue weighted by atomic mass is 32.1. The number of carbonyl (C=O) groups excluding carboxylic acids is 1. The Bertz CT molecular complexity index is 482. The first kappa shape index (κ1) is 12.8. The molecule has 94 valence electrons. The van der Waals surface area contributed by atoms with Crippen LogP contribution >= 0.6 is 11.3 Å². The Hall–Kier alpha value is -1.68. The van der Waals surface area contributed by atoms with Crippen molar-refractivity contribution in [2.75, 3.05) is 13.6 Å². The van der Waals surface area contributed by atoms with Crippen LogP contribution in [-0.4, -0.2) is 29.4 Å². The van der Waals surface area contributed by atoms with Gasteiger partial charge in [-0.15, -0.1) is 11.3 Å². The molecule has 2 aromatic rings. The molecule has 0 bridgehead atoms. The topological polar surface area (TPSA) is 33.2 Å². The number of hydrogen-bond acceptors (Lipinski definition) is 3. The van der Waals surface area contributed by atoms with Gasteiger partial charge >= 0.3 is 0 Å². The zero-order valence-corrected chi connectivity index (χ0v) is 11.2. The number of rotatable bonds is 5. The van der Waals surface area contributed by atoms with Gasteiger partial charge in [0.05, 0.1) is 11.4 Å². The van der Waals surface area contributed by atoms with Crippen LogP contribution in [0.5, 0.6) is 0 Å². The molecule has 0 saturated heterocycles. The van der Waals surface area contributed by atoms with Crippen LogP contribution in [0.3, 0.4) is 0 Å². The van der Waals surface area contributed by atoms with E-state index in [4.69, 9.17) is 0 Å². The van der Waals surface area contributed by atoms with Gasteiger partial charge in [-0.1, -0.05) is 30.3 Å². The predicted molar refractivity (Wildman–Crippen MR) is 73.6 cm³/mol. The molecule has 1 heterocycles. The third-order valence-corrected chi connectivity index (χ3v) is 3.61. The Kier molecular flexibility index (Phi) is 4.47. The summed E-state index contributed by atoms with van der Waals surface area (Å²) < 4.78 is 0. The Morgan fingerprint density at radius 1 is 1.33 bits per heavy atom. The largest absolute Gasteiger partial charge is 0.345 e. The molecule has 0 radical (unpaired) electrons. The lowest BCUT2D eigenvalue weighted by Gasteiger charge is -2.16. The van der Waals surface area contributed by atoms with Gasteiger partial charge in [0.1, 0.15) is 0 Å². The van der Waals surface area contributed by atoms with Crippen molar-refractivity contribution in [2.24, 2.45) is 0 Å². The maximum Gasteiger partial charge on any atom is 0.226 e. The summed E-state index contributed by atoms with van der Waals surface area (Å²) in [7, 11) is 1.85. The van der Waals surface area contributed by atoms with Gasteiger partial charge in [0.15, 0.2) is 0 Å². The van der Waals surface area contributed by atoms with E-state index in [9.17, 15) is 4.79 Å². The highest BCUT2D eigenvalue weighted by Crippen LogP contribution is 2.06. The van der Waals surface area contributed by atoms with Crippen molar-refractivity contribution in [2.45, 2.75) is 12.8 Å². The number of amides is 1. The molecule has 1 aromatic heterocycles. The quantitative estimate of drug-likeness (QED) is 0.827. The van der Waals surface area contributed by atoms with Gasteiger partial charge in [0, 0.05) is 31.6 Å². The van der Waals surface area contributed by atoms with E-state index in [0.29, 0.717) is 6.42 Å². The molecule has 0 atom stereocenters. The molecule has 4 heteroatoms. The van der Waals surface area contributed by atoms with E-state index < -0.39 is 0 Å². The molecule has 0 saturated carbocycles. The van der Waals surface area contributed by atoms with Crippen LogP contribution in [0.2, 0.25) is 0 Å². The van der Waals surface area contributed by atoms with Crippen molar-refractivity contribution in [3.8, 4) is 0 Å². The molecular weight excluding hydrogens is 244 g/mol. The van der Waals surface area contributed by atoms with E-state index in [1.165, 1.54) is 0 Å². The summed E-state index contributed by atoms with van der Waals surface area (Å²) >= 11 is 1.63. The van der Waals surface area contributed by atoms with Crippen LogP contribution in [0, 0.1) is 0 Å². The Labute approximate surface area is 111 Å². The number of carbonyl (C=O) groups is 1. The summed E-state index contributed by atoms with van der Waals surface area (Å²) in [5.74, 6) is 0.151. The fourth-order valence-electron chi connectivity index (χ4n) is 1.67. The van der Waals surface area contributed by atoms with Gasteiger partial charge in [0.2, 0.25) is 5.91 Å². The van der Waals surface area contributed by atoms with E-state index in [2.05, 4.69) is 4.98 Å². The Balaban J connectivity index is 1.82. The van der Waals surface area contributed by atoms with Crippen molar-refractivity contribution < 1.29 is 4.79 Å². The minimum Gasteiger partial charge on any atom is -0.345 e. The Morgan fingerprint density at radius 2 is 2.11 bits per heavy atom. The van der Waals surface area contributed by atoms with Gasteiger partial charge in [-0.05, 0) is 5.56 Å². The number of thiazole rings is 1. The van der Waals surface area contributed by atoms with Crippen molar-refractivity contribution in [1.82, 2.24) is 9.88 Å². The van der Waals surface area contributed by atoms with Gasteiger partial charge in [0.25, 0.3) is 0 Å². The standard InChI is InChI=1S/C14H16N2OS/c1-16(9-7-13-15-8-10-18-13)14(17)11-12-5-3-2-4-6-12/h2-6,8,10H,7,9,11H2,1H3. The fraction of sp³-hybridized carbons (Fsp3) is 0.286. The third kappa shape index (κ3) is 3.67. The van der Waals surface area contributed by atoms with Crippen LogP contribution in [0.4, 0.5) is 0 Å². The fourth-order valence-corrected chi connectivity index (χ4v) is 2.28. The first-order valence-electron chi connectivity index (χ1n) is 5.92. The maximum absolute atomic E-state index is 12.0. The van der Waals surface area contributed by atoms with Crippen LogP contribution < -0.4 is 0 Å². The van der Waals surface area contributed by atoms with Crippen LogP contribution in [-0.2, 0) is 17.6 Å². The zero-order valence-electron chi connectivity index (χ0n) is 10.4. The lowest BCUT2D eigenvalue weighted by Crippen LogP contribution is -2.30. The second-order valence-corrected chi connectivity index (χ2v) is 5.13. The van der Waals surface area contributed by atoms with E-state index in [1.807, 2.05) is 42.8 Å². The summed E-state index contributed by atoms with van der Waals surface area (Å²) in [4.78, 5) is 18.0. The Morgan fingerprint density at radius 3 is 2.78 bits per heavy atom. The van der Waals surface area contributed by atoms with Crippen molar-refractivity contribution in [3.05, 3.63) is 52.5 Å². The zero-order chi connectivity index (χ0) is 12.8. The highest BCUT2D eigenvalue weighted by molar-refractivity contribution is 7.09. The normalized spacial score (nSPS) is 10.3. The number of aromatic nitrogens is 1. The lowest BCUT2D eigenvalue weighted by atomic mass is 10.1. The van der Waals surface area contributed by atoms with E-state index in [-0.39, 0.29) is 5.91 Å². The number of likely N-dealkylation sites (N-methyl/N-ethyl adjacent to an activating group) is 1. The second-order valence-electron chi connectivity index (χ2n) is 4.15. The molecular formula is C14H16N2OS. The summed E-state index contributed by atoms with van der Waals surface area (Å²) in [5.41, 5.74) is 1.06. The van der Waals surface area contributed by atoms with E-state index in [1.54, 1.807) is 22.4 Å². The van der Waals surface area contributed by atoms with Crippen LogP contribution in [0.25, 0.3) is 0 Å². The molecule has 18 heavy (non-hydrogen) atoms. The number of hydrogen-bond donors (Lipinski definition) is 0. The first-order valence-corrected chi connectivity index (χ1v) is 6.80. The SMILES string of the molecule is CN(CCc1nccs1)C(=O)Cc1ccccc1. The van der Waals surface area contributed by atoms with Crippen molar-refractivity contribution in [1.29, 1.82) is 0 Å². The summed E-state index contributed by atoms with van der Waals surface area (Å²) in [6.07, 6.45) is 3.09. The molecule has 0 unspecified atom stereocenters. The maximum atomic E-state index is 12.0. The molecule has 2 rings (SSSR count). The highest BCUT2D eigenvalue weighted by Gasteiger charge is 2.09. The molecule has 1 aromatic carbocycles.